The normalized spacial score (nSPS) is 16.0. The molecule has 2 aromatic rings. The van der Waals surface area contributed by atoms with Crippen LogP contribution in [0.15, 0.2) is 34.7 Å². The van der Waals surface area contributed by atoms with E-state index in [1.165, 1.54) is 0 Å². The monoisotopic (exact) mass is 344 g/mol. The smallest absolute Gasteiger partial charge is 0.318 e. The molecule has 1 aromatic carbocycles. The lowest BCUT2D eigenvalue weighted by Gasteiger charge is -2.24. The van der Waals surface area contributed by atoms with E-state index in [4.69, 9.17) is 9.15 Å². The number of nitrogens with zero attached hydrogens (tertiary/aromatic N) is 3. The summed E-state index contributed by atoms with van der Waals surface area (Å²) in [6, 6.07) is 9.69. The number of ether oxygens (including phenoxy) is 1. The third kappa shape index (κ3) is 4.57. The van der Waals surface area contributed by atoms with E-state index in [0.717, 1.165) is 18.7 Å². The molecule has 0 spiro atoms. The lowest BCUT2D eigenvalue weighted by molar-refractivity contribution is -0.122. The molecule has 3 rings (SSSR count). The second-order valence-electron chi connectivity index (χ2n) is 6.53. The first-order chi connectivity index (χ1) is 12.1. The number of morpholine rings is 1. The van der Waals surface area contributed by atoms with Crippen LogP contribution in [0.25, 0.3) is 0 Å². The predicted molar refractivity (Wildman–Crippen MR) is 93.2 cm³/mol. The summed E-state index contributed by atoms with van der Waals surface area (Å²) >= 11 is 0. The fourth-order valence-electron chi connectivity index (χ4n) is 2.75. The van der Waals surface area contributed by atoms with Gasteiger partial charge in [0.1, 0.15) is 6.04 Å². The predicted octanol–water partition coefficient (Wildman–Crippen LogP) is 2.16. The topological polar surface area (TPSA) is 80.5 Å². The third-order valence-electron chi connectivity index (χ3n) is 3.99. The Morgan fingerprint density at radius 3 is 2.60 bits per heavy atom. The SMILES string of the molecule is CC(C)CC(=O)NC(c1ccccc1)c1nnc(N2CCOCC2)o1. The van der Waals surface area contributed by atoms with Crippen LogP contribution in [0.4, 0.5) is 6.01 Å². The Bertz CT molecular complexity index is 681. The number of hydrogen-bond donors (Lipinski definition) is 1. The fourth-order valence-corrected chi connectivity index (χ4v) is 2.75. The fraction of sp³-hybridized carbons (Fsp3) is 0.500. The summed E-state index contributed by atoms with van der Waals surface area (Å²) in [6.45, 7) is 6.76. The molecule has 1 saturated heterocycles. The van der Waals surface area contributed by atoms with Crippen molar-refractivity contribution in [1.29, 1.82) is 0 Å². The zero-order valence-corrected chi connectivity index (χ0v) is 14.6. The molecule has 7 heteroatoms. The van der Waals surface area contributed by atoms with Crippen LogP contribution in [0.2, 0.25) is 0 Å². The first-order valence-corrected chi connectivity index (χ1v) is 8.64. The highest BCUT2D eigenvalue weighted by Crippen LogP contribution is 2.24. The van der Waals surface area contributed by atoms with Crippen molar-refractivity contribution in [1.82, 2.24) is 15.5 Å². The van der Waals surface area contributed by atoms with Crippen molar-refractivity contribution >= 4 is 11.9 Å². The van der Waals surface area contributed by atoms with Gasteiger partial charge in [0.15, 0.2) is 0 Å². The van der Waals surface area contributed by atoms with Crippen LogP contribution in [0.3, 0.4) is 0 Å². The molecule has 2 heterocycles. The van der Waals surface area contributed by atoms with Gasteiger partial charge in [-0.25, -0.2) is 0 Å². The van der Waals surface area contributed by atoms with E-state index in [-0.39, 0.29) is 11.8 Å². The molecule has 1 amide bonds. The van der Waals surface area contributed by atoms with Crippen LogP contribution >= 0.6 is 0 Å². The van der Waals surface area contributed by atoms with Crippen LogP contribution in [0.5, 0.6) is 0 Å². The first-order valence-electron chi connectivity index (χ1n) is 8.64. The van der Waals surface area contributed by atoms with E-state index in [1.54, 1.807) is 0 Å². The number of rotatable bonds is 6. The molecule has 25 heavy (non-hydrogen) atoms. The Morgan fingerprint density at radius 1 is 1.20 bits per heavy atom. The van der Waals surface area contributed by atoms with Crippen LogP contribution in [-0.4, -0.2) is 42.4 Å². The molecule has 134 valence electrons. The summed E-state index contributed by atoms with van der Waals surface area (Å²) in [5, 5.41) is 11.4. The van der Waals surface area contributed by atoms with E-state index in [2.05, 4.69) is 15.5 Å². The number of amides is 1. The second-order valence-corrected chi connectivity index (χ2v) is 6.53. The van der Waals surface area contributed by atoms with Gasteiger partial charge in [0.25, 0.3) is 0 Å². The van der Waals surface area contributed by atoms with E-state index in [0.29, 0.717) is 31.5 Å². The minimum absolute atomic E-state index is 0.0324. The standard InChI is InChI=1S/C18H24N4O3/c1-13(2)12-15(23)19-16(14-6-4-3-5-7-14)17-20-21-18(25-17)22-8-10-24-11-9-22/h3-7,13,16H,8-12H2,1-2H3,(H,19,23). The summed E-state index contributed by atoms with van der Waals surface area (Å²) in [5.41, 5.74) is 0.914. The van der Waals surface area contributed by atoms with E-state index in [9.17, 15) is 4.79 Å². The van der Waals surface area contributed by atoms with E-state index >= 15 is 0 Å². The van der Waals surface area contributed by atoms with Crippen LogP contribution in [0, 0.1) is 5.92 Å². The molecule has 0 aliphatic carbocycles. The molecule has 1 aliphatic rings. The number of nitrogens with one attached hydrogen (secondary N) is 1. The summed E-state index contributed by atoms with van der Waals surface area (Å²) in [6.07, 6.45) is 0.452. The zero-order valence-electron chi connectivity index (χ0n) is 14.6. The minimum atomic E-state index is -0.449. The molecular formula is C18H24N4O3. The molecular weight excluding hydrogens is 320 g/mol. The largest absolute Gasteiger partial charge is 0.405 e. The number of aromatic nitrogens is 2. The molecule has 1 fully saturated rings. The van der Waals surface area contributed by atoms with Crippen LogP contribution < -0.4 is 10.2 Å². The molecule has 7 nitrogen and oxygen atoms in total. The Morgan fingerprint density at radius 2 is 1.92 bits per heavy atom. The second kappa shape index (κ2) is 8.11. The quantitative estimate of drug-likeness (QED) is 0.865. The Labute approximate surface area is 147 Å². The Hall–Kier alpha value is -2.41. The molecule has 1 aromatic heterocycles. The lowest BCUT2D eigenvalue weighted by atomic mass is 10.1. The van der Waals surface area contributed by atoms with Crippen molar-refractivity contribution in [2.24, 2.45) is 5.92 Å². The van der Waals surface area contributed by atoms with Gasteiger partial charge in [0, 0.05) is 19.5 Å². The summed E-state index contributed by atoms with van der Waals surface area (Å²) in [5.74, 6) is 0.641. The van der Waals surface area contributed by atoms with E-state index < -0.39 is 6.04 Å². The maximum atomic E-state index is 12.3. The minimum Gasteiger partial charge on any atom is -0.405 e. The first kappa shape index (κ1) is 17.4. The number of benzene rings is 1. The molecule has 1 atom stereocenters. The van der Waals surface area contributed by atoms with Gasteiger partial charge in [-0.2, -0.15) is 0 Å². The molecule has 1 N–H and O–H groups in total. The summed E-state index contributed by atoms with van der Waals surface area (Å²) in [4.78, 5) is 14.3. The van der Waals surface area contributed by atoms with Gasteiger partial charge in [-0.1, -0.05) is 49.3 Å². The average Bonchev–Trinajstić information content (AvgIpc) is 3.10. The molecule has 1 aliphatic heterocycles. The number of carbonyl (C=O) groups excluding carboxylic acids is 1. The van der Waals surface area contributed by atoms with E-state index in [1.807, 2.05) is 49.1 Å². The van der Waals surface area contributed by atoms with Crippen molar-refractivity contribution in [3.8, 4) is 0 Å². The third-order valence-corrected chi connectivity index (χ3v) is 3.99. The molecule has 0 saturated carbocycles. The van der Waals surface area contributed by atoms with Crippen LogP contribution in [0.1, 0.15) is 37.8 Å². The van der Waals surface area contributed by atoms with Gasteiger partial charge in [0.05, 0.1) is 13.2 Å². The summed E-state index contributed by atoms with van der Waals surface area (Å²) < 4.78 is 11.2. The van der Waals surface area contributed by atoms with Crippen molar-refractivity contribution in [2.75, 3.05) is 31.2 Å². The van der Waals surface area contributed by atoms with Crippen molar-refractivity contribution in [3.63, 3.8) is 0 Å². The van der Waals surface area contributed by atoms with Crippen molar-refractivity contribution in [3.05, 3.63) is 41.8 Å². The zero-order chi connectivity index (χ0) is 17.6. The van der Waals surface area contributed by atoms with Gasteiger partial charge in [-0.05, 0) is 11.5 Å². The Kier molecular flexibility index (Phi) is 5.65. The lowest BCUT2D eigenvalue weighted by Crippen LogP contribution is -2.36. The highest BCUT2D eigenvalue weighted by atomic mass is 16.5. The van der Waals surface area contributed by atoms with Crippen LogP contribution in [-0.2, 0) is 9.53 Å². The van der Waals surface area contributed by atoms with Crippen molar-refractivity contribution < 1.29 is 13.9 Å². The highest BCUT2D eigenvalue weighted by Gasteiger charge is 2.25. The van der Waals surface area contributed by atoms with Crippen molar-refractivity contribution in [2.45, 2.75) is 26.3 Å². The molecule has 1 unspecified atom stereocenters. The number of carbonyl (C=O) groups is 1. The number of hydrogen-bond acceptors (Lipinski definition) is 6. The number of anilines is 1. The van der Waals surface area contributed by atoms with Gasteiger partial charge >= 0.3 is 6.01 Å². The molecule has 0 bridgehead atoms. The van der Waals surface area contributed by atoms with Gasteiger partial charge in [-0.3, -0.25) is 4.79 Å². The Balaban J connectivity index is 1.81. The van der Waals surface area contributed by atoms with Gasteiger partial charge in [0.2, 0.25) is 11.8 Å². The average molecular weight is 344 g/mol. The molecule has 0 radical (unpaired) electrons. The maximum absolute atomic E-state index is 12.3. The highest BCUT2D eigenvalue weighted by molar-refractivity contribution is 5.77. The van der Waals surface area contributed by atoms with Gasteiger partial charge in [-0.15, -0.1) is 5.10 Å². The maximum Gasteiger partial charge on any atom is 0.318 e. The summed E-state index contributed by atoms with van der Waals surface area (Å²) in [7, 11) is 0. The van der Waals surface area contributed by atoms with Gasteiger partial charge < -0.3 is 19.4 Å².